The van der Waals surface area contributed by atoms with Gasteiger partial charge in [-0.15, -0.1) is 11.8 Å². The molecular weight excluding hydrogens is 361 g/mol. The number of rotatable bonds is 3. The Kier molecular flexibility index (Phi) is 5.43. The number of halogens is 2. The first kappa shape index (κ1) is 17.7. The molecule has 1 unspecified atom stereocenters. The van der Waals surface area contributed by atoms with Gasteiger partial charge in [0.15, 0.2) is 0 Å². The molecule has 0 bridgehead atoms. The summed E-state index contributed by atoms with van der Waals surface area (Å²) in [6.45, 7) is 2.81. The van der Waals surface area contributed by atoms with E-state index in [0.717, 1.165) is 23.4 Å². The zero-order valence-corrected chi connectivity index (χ0v) is 16.0. The van der Waals surface area contributed by atoms with E-state index in [1.54, 1.807) is 11.8 Å². The average Bonchev–Trinajstić information content (AvgIpc) is 2.59. The molecule has 0 fully saturated rings. The summed E-state index contributed by atoms with van der Waals surface area (Å²) in [4.78, 5) is 15.8. The Labute approximate surface area is 157 Å². The van der Waals surface area contributed by atoms with Crippen molar-refractivity contribution >= 4 is 40.9 Å². The van der Waals surface area contributed by atoms with Gasteiger partial charge in [0.25, 0.3) is 0 Å². The van der Waals surface area contributed by atoms with Gasteiger partial charge in [-0.25, -0.2) is 0 Å². The molecule has 2 aromatic rings. The number of thioether (sulfide) groups is 1. The van der Waals surface area contributed by atoms with Crippen LogP contribution >= 0.6 is 35.0 Å². The molecule has 126 valence electrons. The van der Waals surface area contributed by atoms with Gasteiger partial charge in [-0.3, -0.25) is 4.79 Å². The van der Waals surface area contributed by atoms with Crippen LogP contribution in [0, 0.1) is 0 Å². The minimum absolute atomic E-state index is 0.0686. The number of benzene rings is 2. The van der Waals surface area contributed by atoms with E-state index in [9.17, 15) is 4.79 Å². The van der Waals surface area contributed by atoms with Crippen molar-refractivity contribution in [2.45, 2.75) is 30.7 Å². The lowest BCUT2D eigenvalue weighted by molar-refractivity contribution is -0.133. The fraction of sp³-hybridized carbons (Fsp3) is 0.316. The Balaban J connectivity index is 1.84. The van der Waals surface area contributed by atoms with Crippen molar-refractivity contribution in [1.29, 1.82) is 0 Å². The molecule has 1 amide bonds. The van der Waals surface area contributed by atoms with Gasteiger partial charge in [0, 0.05) is 16.5 Å². The summed E-state index contributed by atoms with van der Waals surface area (Å²) in [5.74, 6) is 0.0686. The SMILES string of the molecule is CSc1ccc(Cl)c(CC(=O)N2CCc3ccccc3C2C)c1Cl. The second-order valence-electron chi connectivity index (χ2n) is 5.93. The highest BCUT2D eigenvalue weighted by molar-refractivity contribution is 7.98. The Morgan fingerprint density at radius 1 is 1.25 bits per heavy atom. The molecule has 0 spiro atoms. The minimum atomic E-state index is 0.0686. The lowest BCUT2D eigenvalue weighted by atomic mass is 9.93. The van der Waals surface area contributed by atoms with E-state index in [2.05, 4.69) is 25.1 Å². The molecule has 0 N–H and O–H groups in total. The summed E-state index contributed by atoms with van der Waals surface area (Å²) >= 11 is 14.3. The minimum Gasteiger partial charge on any atom is -0.335 e. The summed E-state index contributed by atoms with van der Waals surface area (Å²) in [6.07, 6.45) is 3.08. The van der Waals surface area contributed by atoms with Crippen LogP contribution in [0.15, 0.2) is 41.3 Å². The maximum absolute atomic E-state index is 12.9. The lowest BCUT2D eigenvalue weighted by Crippen LogP contribution is -2.39. The van der Waals surface area contributed by atoms with E-state index in [1.807, 2.05) is 29.4 Å². The number of fused-ring (bicyclic) bond motifs is 1. The quantitative estimate of drug-likeness (QED) is 0.664. The van der Waals surface area contributed by atoms with Gasteiger partial charge >= 0.3 is 0 Å². The fourth-order valence-electron chi connectivity index (χ4n) is 3.26. The van der Waals surface area contributed by atoms with E-state index < -0.39 is 0 Å². The molecule has 1 heterocycles. The summed E-state index contributed by atoms with van der Waals surface area (Å²) in [7, 11) is 0. The molecule has 0 aliphatic carbocycles. The first-order chi connectivity index (χ1) is 11.5. The predicted molar refractivity (Wildman–Crippen MR) is 102 cm³/mol. The molecule has 1 aliphatic rings. The van der Waals surface area contributed by atoms with E-state index in [4.69, 9.17) is 23.2 Å². The van der Waals surface area contributed by atoms with Crippen molar-refractivity contribution < 1.29 is 4.79 Å². The van der Waals surface area contributed by atoms with Crippen LogP contribution in [0.5, 0.6) is 0 Å². The molecule has 5 heteroatoms. The number of hydrogen-bond donors (Lipinski definition) is 0. The first-order valence-corrected chi connectivity index (χ1v) is 9.89. The van der Waals surface area contributed by atoms with Crippen LogP contribution in [-0.2, 0) is 17.6 Å². The van der Waals surface area contributed by atoms with E-state index in [-0.39, 0.29) is 18.4 Å². The van der Waals surface area contributed by atoms with Crippen LogP contribution in [0.2, 0.25) is 10.0 Å². The smallest absolute Gasteiger partial charge is 0.227 e. The van der Waals surface area contributed by atoms with Gasteiger partial charge in [0.1, 0.15) is 0 Å². The van der Waals surface area contributed by atoms with Crippen LogP contribution < -0.4 is 0 Å². The first-order valence-electron chi connectivity index (χ1n) is 7.91. The molecule has 0 saturated carbocycles. The highest BCUT2D eigenvalue weighted by atomic mass is 35.5. The van der Waals surface area contributed by atoms with Crippen molar-refractivity contribution in [3.63, 3.8) is 0 Å². The number of carbonyl (C=O) groups is 1. The van der Waals surface area contributed by atoms with Crippen molar-refractivity contribution in [2.75, 3.05) is 12.8 Å². The van der Waals surface area contributed by atoms with Crippen molar-refractivity contribution in [3.8, 4) is 0 Å². The van der Waals surface area contributed by atoms with Gasteiger partial charge in [-0.2, -0.15) is 0 Å². The lowest BCUT2D eigenvalue weighted by Gasteiger charge is -2.35. The molecule has 1 atom stereocenters. The van der Waals surface area contributed by atoms with Gasteiger partial charge < -0.3 is 4.90 Å². The second kappa shape index (κ2) is 7.38. The molecular formula is C19H19Cl2NOS. The Morgan fingerprint density at radius 2 is 2.00 bits per heavy atom. The van der Waals surface area contributed by atoms with Gasteiger partial charge in [0.2, 0.25) is 5.91 Å². The van der Waals surface area contributed by atoms with Crippen LogP contribution in [-0.4, -0.2) is 23.6 Å². The molecule has 24 heavy (non-hydrogen) atoms. The van der Waals surface area contributed by atoms with Crippen LogP contribution in [0.3, 0.4) is 0 Å². The maximum Gasteiger partial charge on any atom is 0.227 e. The molecule has 3 rings (SSSR count). The fourth-order valence-corrected chi connectivity index (χ4v) is 4.50. The number of amides is 1. The molecule has 0 saturated heterocycles. The molecule has 2 aromatic carbocycles. The molecule has 0 radical (unpaired) electrons. The van der Waals surface area contributed by atoms with Crippen molar-refractivity contribution in [3.05, 3.63) is 63.1 Å². The van der Waals surface area contributed by atoms with Gasteiger partial charge in [-0.05, 0) is 48.4 Å². The van der Waals surface area contributed by atoms with Crippen LogP contribution in [0.25, 0.3) is 0 Å². The Bertz CT molecular complexity index is 778. The highest BCUT2D eigenvalue weighted by Crippen LogP contribution is 2.35. The van der Waals surface area contributed by atoms with Crippen LogP contribution in [0.4, 0.5) is 0 Å². The Hall–Kier alpha value is -1.16. The summed E-state index contributed by atoms with van der Waals surface area (Å²) < 4.78 is 0. The summed E-state index contributed by atoms with van der Waals surface area (Å²) in [5.41, 5.74) is 3.28. The van der Waals surface area contributed by atoms with Gasteiger partial charge in [0.05, 0.1) is 17.5 Å². The van der Waals surface area contributed by atoms with Gasteiger partial charge in [-0.1, -0.05) is 47.5 Å². The number of hydrogen-bond acceptors (Lipinski definition) is 2. The standard InChI is InChI=1S/C19H19Cl2NOS/c1-12-14-6-4-3-5-13(14)9-10-22(12)18(23)11-15-16(20)7-8-17(24-2)19(15)21/h3-8,12H,9-11H2,1-2H3. The van der Waals surface area contributed by atoms with E-state index >= 15 is 0 Å². The largest absolute Gasteiger partial charge is 0.335 e. The number of nitrogens with zero attached hydrogens (tertiary/aromatic N) is 1. The van der Waals surface area contributed by atoms with Crippen LogP contribution in [0.1, 0.15) is 29.7 Å². The zero-order chi connectivity index (χ0) is 17.3. The third-order valence-electron chi connectivity index (χ3n) is 4.61. The third kappa shape index (κ3) is 3.30. The molecule has 2 nitrogen and oxygen atoms in total. The zero-order valence-electron chi connectivity index (χ0n) is 13.7. The van der Waals surface area contributed by atoms with E-state index in [1.165, 1.54) is 11.1 Å². The molecule has 1 aliphatic heterocycles. The average molecular weight is 380 g/mol. The van der Waals surface area contributed by atoms with E-state index in [0.29, 0.717) is 10.0 Å². The topological polar surface area (TPSA) is 20.3 Å². The maximum atomic E-state index is 12.9. The van der Waals surface area contributed by atoms with Crippen molar-refractivity contribution in [1.82, 2.24) is 4.90 Å². The van der Waals surface area contributed by atoms with Crippen molar-refractivity contribution in [2.24, 2.45) is 0 Å². The third-order valence-corrected chi connectivity index (χ3v) is 6.29. The monoisotopic (exact) mass is 379 g/mol. The number of carbonyl (C=O) groups excluding carboxylic acids is 1. The Morgan fingerprint density at radius 3 is 2.75 bits per heavy atom. The normalized spacial score (nSPS) is 16.8. The summed E-state index contributed by atoms with van der Waals surface area (Å²) in [6, 6.07) is 12.1. The summed E-state index contributed by atoms with van der Waals surface area (Å²) in [5, 5.41) is 1.14. The highest BCUT2D eigenvalue weighted by Gasteiger charge is 2.28. The molecule has 0 aromatic heterocycles. The predicted octanol–water partition coefficient (Wildman–Crippen LogP) is 5.40. The second-order valence-corrected chi connectivity index (χ2v) is 7.56.